The minimum Gasteiger partial charge on any atom is -0.382 e. The lowest BCUT2D eigenvalue weighted by Crippen LogP contribution is -2.39. The Morgan fingerprint density at radius 2 is 1.95 bits per heavy atom. The second kappa shape index (κ2) is 13.6. The summed E-state index contributed by atoms with van der Waals surface area (Å²) in [4.78, 5) is 4.53. The second-order valence-electron chi connectivity index (χ2n) is 4.83. The van der Waals surface area contributed by atoms with Gasteiger partial charge >= 0.3 is 0 Å². The molecule has 0 saturated heterocycles. The number of methoxy groups -OCH3 is 1. The molecule has 0 aliphatic carbocycles. The first-order valence-electron chi connectivity index (χ1n) is 7.29. The second-order valence-corrected chi connectivity index (χ2v) is 4.83. The first kappa shape index (κ1) is 18.2. The predicted octanol–water partition coefficient (Wildman–Crippen LogP) is 1.64. The van der Waals surface area contributed by atoms with Crippen LogP contribution in [-0.2, 0) is 9.47 Å². The van der Waals surface area contributed by atoms with Gasteiger partial charge in [-0.25, -0.2) is 0 Å². The predicted molar refractivity (Wildman–Crippen MR) is 80.7 cm³/mol. The molecular formula is C14H31N3O2. The van der Waals surface area contributed by atoms with Crippen LogP contribution in [0.5, 0.6) is 0 Å². The third-order valence-electron chi connectivity index (χ3n) is 2.52. The van der Waals surface area contributed by atoms with Crippen molar-refractivity contribution in [3.05, 3.63) is 0 Å². The molecule has 0 aliphatic heterocycles. The molecule has 0 aromatic heterocycles. The van der Waals surface area contributed by atoms with Crippen LogP contribution in [0.1, 0.15) is 33.6 Å². The summed E-state index contributed by atoms with van der Waals surface area (Å²) in [7, 11) is 1.68. The van der Waals surface area contributed by atoms with Crippen molar-refractivity contribution < 1.29 is 9.47 Å². The van der Waals surface area contributed by atoms with Crippen LogP contribution in [0.25, 0.3) is 0 Å². The summed E-state index contributed by atoms with van der Waals surface area (Å²) in [6.45, 7) is 11.0. The molecular weight excluding hydrogens is 242 g/mol. The lowest BCUT2D eigenvalue weighted by atomic mass is 10.1. The Bertz CT molecular complexity index is 221. The molecule has 0 heterocycles. The number of nitrogens with zero attached hydrogens (tertiary/aromatic N) is 1. The Balaban J connectivity index is 3.68. The van der Waals surface area contributed by atoms with E-state index in [2.05, 4.69) is 36.4 Å². The minimum absolute atomic E-state index is 0.639. The number of aliphatic imine (C=N–C) groups is 1. The molecule has 5 nitrogen and oxygen atoms in total. The van der Waals surface area contributed by atoms with Crippen molar-refractivity contribution in [3.8, 4) is 0 Å². The number of ether oxygens (including phenoxy) is 2. The van der Waals surface area contributed by atoms with E-state index in [1.54, 1.807) is 7.11 Å². The van der Waals surface area contributed by atoms with Crippen LogP contribution < -0.4 is 10.6 Å². The Morgan fingerprint density at radius 1 is 1.16 bits per heavy atom. The summed E-state index contributed by atoms with van der Waals surface area (Å²) in [6.07, 6.45) is 2.36. The Hall–Kier alpha value is -0.810. The molecule has 0 rings (SSSR count). The van der Waals surface area contributed by atoms with Crippen molar-refractivity contribution in [2.45, 2.75) is 33.6 Å². The fourth-order valence-corrected chi connectivity index (χ4v) is 1.52. The molecule has 0 saturated carbocycles. The van der Waals surface area contributed by atoms with Gasteiger partial charge in [-0.2, -0.15) is 0 Å². The molecule has 0 aromatic rings. The van der Waals surface area contributed by atoms with Crippen molar-refractivity contribution in [1.82, 2.24) is 10.6 Å². The Labute approximate surface area is 118 Å². The van der Waals surface area contributed by atoms with Crippen molar-refractivity contribution in [2.75, 3.05) is 46.6 Å². The first-order chi connectivity index (χ1) is 9.20. The molecule has 0 aromatic carbocycles. The van der Waals surface area contributed by atoms with Crippen LogP contribution in [-0.4, -0.2) is 52.5 Å². The number of hydrogen-bond acceptors (Lipinski definition) is 3. The molecule has 0 fully saturated rings. The molecule has 0 bridgehead atoms. The fourth-order valence-electron chi connectivity index (χ4n) is 1.52. The summed E-state index contributed by atoms with van der Waals surface area (Å²) in [5.41, 5.74) is 0. The van der Waals surface area contributed by atoms with Gasteiger partial charge in [-0.15, -0.1) is 0 Å². The number of hydrogen-bond donors (Lipinski definition) is 2. The van der Waals surface area contributed by atoms with E-state index < -0.39 is 0 Å². The quantitative estimate of drug-likeness (QED) is 0.341. The van der Waals surface area contributed by atoms with E-state index in [1.807, 2.05) is 0 Å². The van der Waals surface area contributed by atoms with Gasteiger partial charge in [0, 0.05) is 26.7 Å². The highest BCUT2D eigenvalue weighted by atomic mass is 16.5. The lowest BCUT2D eigenvalue weighted by Gasteiger charge is -2.11. The van der Waals surface area contributed by atoms with Crippen LogP contribution >= 0.6 is 0 Å². The van der Waals surface area contributed by atoms with E-state index in [4.69, 9.17) is 9.47 Å². The van der Waals surface area contributed by atoms with Crippen LogP contribution in [0.2, 0.25) is 0 Å². The highest BCUT2D eigenvalue weighted by Crippen LogP contribution is 2.02. The van der Waals surface area contributed by atoms with Gasteiger partial charge in [0.25, 0.3) is 0 Å². The summed E-state index contributed by atoms with van der Waals surface area (Å²) in [6, 6.07) is 0. The van der Waals surface area contributed by atoms with Crippen molar-refractivity contribution in [3.63, 3.8) is 0 Å². The molecule has 5 heteroatoms. The van der Waals surface area contributed by atoms with Gasteiger partial charge in [-0.3, -0.25) is 4.99 Å². The summed E-state index contributed by atoms with van der Waals surface area (Å²) < 4.78 is 10.3. The van der Waals surface area contributed by atoms with E-state index >= 15 is 0 Å². The SMILES string of the molecule is CCNC(=NCCCC(C)C)NCCOCCOC. The Kier molecular flexibility index (Phi) is 13.0. The fraction of sp³-hybridized carbons (Fsp3) is 0.929. The normalized spacial score (nSPS) is 11.9. The number of guanidine groups is 1. The van der Waals surface area contributed by atoms with Crippen molar-refractivity contribution in [1.29, 1.82) is 0 Å². The third-order valence-corrected chi connectivity index (χ3v) is 2.52. The lowest BCUT2D eigenvalue weighted by molar-refractivity contribution is 0.0733. The molecule has 2 N–H and O–H groups in total. The van der Waals surface area contributed by atoms with Crippen LogP contribution in [0.3, 0.4) is 0 Å². The summed E-state index contributed by atoms with van der Waals surface area (Å²) >= 11 is 0. The number of rotatable bonds is 11. The van der Waals surface area contributed by atoms with Crippen LogP contribution in [0.4, 0.5) is 0 Å². The standard InChI is InChI=1S/C14H31N3O2/c1-5-15-14(16-8-6-7-13(2)3)17-9-10-19-12-11-18-4/h13H,5-12H2,1-4H3,(H2,15,16,17). The average Bonchev–Trinajstić information content (AvgIpc) is 2.38. The van der Waals surface area contributed by atoms with Gasteiger partial charge < -0.3 is 20.1 Å². The average molecular weight is 273 g/mol. The van der Waals surface area contributed by atoms with Crippen LogP contribution in [0, 0.1) is 5.92 Å². The number of nitrogens with one attached hydrogen (secondary N) is 2. The van der Waals surface area contributed by atoms with Gasteiger partial charge in [0.15, 0.2) is 5.96 Å². The molecule has 0 radical (unpaired) electrons. The molecule has 0 unspecified atom stereocenters. The molecule has 19 heavy (non-hydrogen) atoms. The van der Waals surface area contributed by atoms with E-state index in [-0.39, 0.29) is 0 Å². The summed E-state index contributed by atoms with van der Waals surface area (Å²) in [5.74, 6) is 1.63. The van der Waals surface area contributed by atoms with Crippen molar-refractivity contribution in [2.24, 2.45) is 10.9 Å². The Morgan fingerprint density at radius 3 is 2.58 bits per heavy atom. The topological polar surface area (TPSA) is 54.9 Å². The van der Waals surface area contributed by atoms with Gasteiger partial charge in [0.1, 0.15) is 0 Å². The molecule has 0 atom stereocenters. The zero-order chi connectivity index (χ0) is 14.3. The summed E-state index contributed by atoms with van der Waals surface area (Å²) in [5, 5.41) is 6.49. The van der Waals surface area contributed by atoms with E-state index in [0.717, 1.165) is 37.9 Å². The molecule has 114 valence electrons. The minimum atomic E-state index is 0.639. The van der Waals surface area contributed by atoms with Gasteiger partial charge in [-0.1, -0.05) is 13.8 Å². The van der Waals surface area contributed by atoms with Gasteiger partial charge in [-0.05, 0) is 25.7 Å². The van der Waals surface area contributed by atoms with Crippen LogP contribution in [0.15, 0.2) is 4.99 Å². The van der Waals surface area contributed by atoms with E-state index in [1.165, 1.54) is 6.42 Å². The maximum atomic E-state index is 5.39. The zero-order valence-electron chi connectivity index (χ0n) is 13.0. The monoisotopic (exact) mass is 273 g/mol. The third kappa shape index (κ3) is 13.4. The van der Waals surface area contributed by atoms with Crippen molar-refractivity contribution >= 4 is 5.96 Å². The maximum absolute atomic E-state index is 5.39. The maximum Gasteiger partial charge on any atom is 0.191 e. The smallest absolute Gasteiger partial charge is 0.191 e. The first-order valence-corrected chi connectivity index (χ1v) is 7.29. The van der Waals surface area contributed by atoms with Gasteiger partial charge in [0.05, 0.1) is 19.8 Å². The molecule has 0 aliphatic rings. The van der Waals surface area contributed by atoms with Gasteiger partial charge in [0.2, 0.25) is 0 Å². The highest BCUT2D eigenvalue weighted by molar-refractivity contribution is 5.79. The largest absolute Gasteiger partial charge is 0.382 e. The highest BCUT2D eigenvalue weighted by Gasteiger charge is 1.97. The zero-order valence-corrected chi connectivity index (χ0v) is 13.0. The molecule has 0 amide bonds. The van der Waals surface area contributed by atoms with E-state index in [9.17, 15) is 0 Å². The van der Waals surface area contributed by atoms with E-state index in [0.29, 0.717) is 19.8 Å². The molecule has 0 spiro atoms.